The van der Waals surface area contributed by atoms with E-state index in [1.54, 1.807) is 7.05 Å². The summed E-state index contributed by atoms with van der Waals surface area (Å²) < 4.78 is 1.42. The van der Waals surface area contributed by atoms with Crippen molar-refractivity contribution in [3.63, 3.8) is 0 Å². The zero-order valence-electron chi connectivity index (χ0n) is 10.2. The molecule has 0 spiro atoms. The Morgan fingerprint density at radius 3 is 3.00 bits per heavy atom. The summed E-state index contributed by atoms with van der Waals surface area (Å²) in [5.41, 5.74) is 0.132. The van der Waals surface area contributed by atoms with Gasteiger partial charge in [0.2, 0.25) is 0 Å². The number of H-pyrrole nitrogens is 1. The van der Waals surface area contributed by atoms with Crippen molar-refractivity contribution in [3.8, 4) is 0 Å². The quantitative estimate of drug-likeness (QED) is 0.583. The van der Waals surface area contributed by atoms with Gasteiger partial charge in [-0.1, -0.05) is 0 Å². The molecule has 2 rings (SSSR count). The predicted octanol–water partition coefficient (Wildman–Crippen LogP) is 0.0239. The van der Waals surface area contributed by atoms with Gasteiger partial charge in [0.1, 0.15) is 17.8 Å². The Bertz CT molecular complexity index is 588. The molecule has 0 aromatic carbocycles. The molecule has 9 heteroatoms. The van der Waals surface area contributed by atoms with E-state index in [0.29, 0.717) is 18.8 Å². The van der Waals surface area contributed by atoms with Crippen molar-refractivity contribution in [1.82, 2.24) is 25.1 Å². The molecule has 2 heterocycles. The van der Waals surface area contributed by atoms with Crippen LogP contribution in [0.3, 0.4) is 0 Å². The van der Waals surface area contributed by atoms with Crippen LogP contribution < -0.4 is 5.32 Å². The third kappa shape index (κ3) is 2.94. The van der Waals surface area contributed by atoms with Crippen LogP contribution in [-0.4, -0.2) is 37.1 Å². The smallest absolute Gasteiger partial charge is 0.287 e. The van der Waals surface area contributed by atoms with E-state index in [-0.39, 0.29) is 17.3 Å². The number of hydrogen-bond acceptors (Lipinski definition) is 5. The summed E-state index contributed by atoms with van der Waals surface area (Å²) in [6.45, 7) is 0.368. The highest BCUT2D eigenvalue weighted by atomic mass is 16.6. The van der Waals surface area contributed by atoms with Gasteiger partial charge in [-0.2, -0.15) is 5.10 Å². The molecule has 19 heavy (non-hydrogen) atoms. The summed E-state index contributed by atoms with van der Waals surface area (Å²) >= 11 is 0. The van der Waals surface area contributed by atoms with Gasteiger partial charge in [-0.25, -0.2) is 4.98 Å². The Balaban J connectivity index is 1.94. The number of carbonyl (C=O) groups is 1. The van der Waals surface area contributed by atoms with Gasteiger partial charge in [-0.05, 0) is 0 Å². The van der Waals surface area contributed by atoms with Gasteiger partial charge >= 0.3 is 0 Å². The van der Waals surface area contributed by atoms with Gasteiger partial charge in [0.05, 0.1) is 11.1 Å². The average Bonchev–Trinajstić information content (AvgIpc) is 2.98. The van der Waals surface area contributed by atoms with Crippen molar-refractivity contribution in [1.29, 1.82) is 0 Å². The van der Waals surface area contributed by atoms with Crippen LogP contribution in [0, 0.1) is 10.1 Å². The standard InChI is InChI=1S/C10H12N6O3/c1-15-5-7(16(18)19)4-8(15)10(17)11-3-2-9-12-6-13-14-9/h4-6H,2-3H2,1H3,(H,11,17)(H,12,13,14). The normalized spacial score (nSPS) is 10.4. The minimum absolute atomic E-state index is 0.108. The Kier molecular flexibility index (Phi) is 3.55. The molecular weight excluding hydrogens is 252 g/mol. The number of hydrogen-bond donors (Lipinski definition) is 2. The molecule has 0 fully saturated rings. The van der Waals surface area contributed by atoms with Crippen LogP contribution in [0.25, 0.3) is 0 Å². The fourth-order valence-electron chi connectivity index (χ4n) is 1.61. The van der Waals surface area contributed by atoms with Gasteiger partial charge in [0.15, 0.2) is 0 Å². The van der Waals surface area contributed by atoms with Crippen molar-refractivity contribution >= 4 is 11.6 Å². The number of aromatic nitrogens is 4. The van der Waals surface area contributed by atoms with Crippen LogP contribution in [0.2, 0.25) is 0 Å². The number of carbonyl (C=O) groups excluding carboxylic acids is 1. The maximum Gasteiger partial charge on any atom is 0.287 e. The largest absolute Gasteiger partial charge is 0.350 e. The van der Waals surface area contributed by atoms with E-state index in [9.17, 15) is 14.9 Å². The molecule has 0 aliphatic rings. The lowest BCUT2D eigenvalue weighted by Gasteiger charge is -2.04. The third-order valence-corrected chi connectivity index (χ3v) is 2.55. The fraction of sp³-hybridized carbons (Fsp3) is 0.300. The molecule has 0 aliphatic carbocycles. The second-order valence-corrected chi connectivity index (χ2v) is 3.89. The first-order chi connectivity index (χ1) is 9.08. The monoisotopic (exact) mass is 264 g/mol. The van der Waals surface area contributed by atoms with Crippen molar-refractivity contribution in [2.45, 2.75) is 6.42 Å². The first kappa shape index (κ1) is 12.7. The molecule has 2 aromatic rings. The van der Waals surface area contributed by atoms with E-state index in [1.807, 2.05) is 0 Å². The molecule has 2 aromatic heterocycles. The van der Waals surface area contributed by atoms with Crippen molar-refractivity contribution in [2.24, 2.45) is 7.05 Å². The number of aryl methyl sites for hydroxylation is 1. The van der Waals surface area contributed by atoms with Crippen molar-refractivity contribution in [3.05, 3.63) is 40.2 Å². The van der Waals surface area contributed by atoms with E-state index in [2.05, 4.69) is 20.5 Å². The molecule has 0 aliphatic heterocycles. The van der Waals surface area contributed by atoms with Gasteiger partial charge in [-0.15, -0.1) is 0 Å². The van der Waals surface area contributed by atoms with Gasteiger partial charge in [-0.3, -0.25) is 20.0 Å². The molecule has 2 N–H and O–H groups in total. The van der Waals surface area contributed by atoms with E-state index in [4.69, 9.17) is 0 Å². The first-order valence-corrected chi connectivity index (χ1v) is 5.51. The lowest BCUT2D eigenvalue weighted by Crippen LogP contribution is -2.27. The highest BCUT2D eigenvalue weighted by Crippen LogP contribution is 2.14. The second kappa shape index (κ2) is 5.29. The molecule has 0 bridgehead atoms. The van der Waals surface area contributed by atoms with Gasteiger partial charge in [0.25, 0.3) is 11.6 Å². The molecule has 0 atom stereocenters. The summed E-state index contributed by atoms with van der Waals surface area (Å²) in [5, 5.41) is 19.6. The van der Waals surface area contributed by atoms with Crippen LogP contribution in [0.5, 0.6) is 0 Å². The van der Waals surface area contributed by atoms with Crippen LogP contribution >= 0.6 is 0 Å². The fourth-order valence-corrected chi connectivity index (χ4v) is 1.61. The van der Waals surface area contributed by atoms with E-state index < -0.39 is 4.92 Å². The number of nitro groups is 1. The van der Waals surface area contributed by atoms with E-state index in [0.717, 1.165) is 0 Å². The Morgan fingerprint density at radius 2 is 2.42 bits per heavy atom. The maximum absolute atomic E-state index is 11.8. The Morgan fingerprint density at radius 1 is 1.63 bits per heavy atom. The number of nitrogens with one attached hydrogen (secondary N) is 2. The summed E-state index contributed by atoms with van der Waals surface area (Å²) in [6, 6.07) is 1.24. The number of amides is 1. The maximum atomic E-state index is 11.8. The predicted molar refractivity (Wildman–Crippen MR) is 64.5 cm³/mol. The summed E-state index contributed by atoms with van der Waals surface area (Å²) in [6.07, 6.45) is 3.20. The number of nitrogens with zero attached hydrogens (tertiary/aromatic N) is 4. The van der Waals surface area contributed by atoms with Crippen LogP contribution in [-0.2, 0) is 13.5 Å². The zero-order valence-corrected chi connectivity index (χ0v) is 10.2. The lowest BCUT2D eigenvalue weighted by molar-refractivity contribution is -0.384. The molecule has 9 nitrogen and oxygen atoms in total. The average molecular weight is 264 g/mol. The first-order valence-electron chi connectivity index (χ1n) is 5.51. The van der Waals surface area contributed by atoms with Crippen LogP contribution in [0.15, 0.2) is 18.6 Å². The third-order valence-electron chi connectivity index (χ3n) is 2.55. The Hall–Kier alpha value is -2.71. The molecular formula is C10H12N6O3. The minimum atomic E-state index is -0.536. The second-order valence-electron chi connectivity index (χ2n) is 3.89. The van der Waals surface area contributed by atoms with Crippen molar-refractivity contribution in [2.75, 3.05) is 6.54 Å². The van der Waals surface area contributed by atoms with Crippen LogP contribution in [0.1, 0.15) is 16.3 Å². The van der Waals surface area contributed by atoms with Gasteiger partial charge < -0.3 is 9.88 Å². The molecule has 0 radical (unpaired) electrons. The molecule has 0 saturated heterocycles. The van der Waals surface area contributed by atoms with Crippen LogP contribution in [0.4, 0.5) is 5.69 Å². The highest BCUT2D eigenvalue weighted by molar-refractivity contribution is 5.93. The Labute approximate surface area is 107 Å². The van der Waals surface area contributed by atoms with E-state index in [1.165, 1.54) is 23.2 Å². The molecule has 0 saturated carbocycles. The van der Waals surface area contributed by atoms with Crippen molar-refractivity contribution < 1.29 is 9.72 Å². The number of rotatable bonds is 5. The summed E-state index contributed by atoms with van der Waals surface area (Å²) in [7, 11) is 1.58. The van der Waals surface area contributed by atoms with E-state index >= 15 is 0 Å². The summed E-state index contributed by atoms with van der Waals surface area (Å²) in [5.74, 6) is 0.299. The van der Waals surface area contributed by atoms with Gasteiger partial charge in [0, 0.05) is 26.1 Å². The molecule has 1 amide bonds. The summed E-state index contributed by atoms with van der Waals surface area (Å²) in [4.78, 5) is 25.8. The SMILES string of the molecule is Cn1cc([N+](=O)[O-])cc1C(=O)NCCc1ncn[nH]1. The molecule has 0 unspecified atom stereocenters. The zero-order chi connectivity index (χ0) is 13.8. The lowest BCUT2D eigenvalue weighted by atomic mass is 10.3. The highest BCUT2D eigenvalue weighted by Gasteiger charge is 2.17. The number of aromatic amines is 1. The minimum Gasteiger partial charge on any atom is -0.350 e. The topological polar surface area (TPSA) is 119 Å². The molecule has 100 valence electrons.